The molecule has 1 amide bonds. The van der Waals surface area contributed by atoms with Crippen LogP contribution in [0.1, 0.15) is 35.3 Å². The number of hydrogen-bond donors (Lipinski definition) is 2. The maximum absolute atomic E-state index is 12.8. The molecule has 7 heteroatoms. The first-order valence-corrected chi connectivity index (χ1v) is 10.9. The zero-order chi connectivity index (χ0) is 24.7. The van der Waals surface area contributed by atoms with E-state index in [-0.39, 0.29) is 5.91 Å². The zero-order valence-corrected chi connectivity index (χ0v) is 19.8. The third-order valence-electron chi connectivity index (χ3n) is 5.35. The number of carboxylic acid groups (broad SMARTS) is 1. The second kappa shape index (κ2) is 10.7. The second-order valence-electron chi connectivity index (χ2n) is 8.28. The number of anilines is 1. The summed E-state index contributed by atoms with van der Waals surface area (Å²) in [5.74, 6) is 0.271. The van der Waals surface area contributed by atoms with Crippen LogP contribution >= 0.6 is 0 Å². The van der Waals surface area contributed by atoms with Gasteiger partial charge in [0.15, 0.2) is 5.60 Å². The van der Waals surface area contributed by atoms with Crippen LogP contribution < -0.4 is 19.5 Å². The number of aryl methyl sites for hydroxylation is 2. The van der Waals surface area contributed by atoms with Crippen molar-refractivity contribution in [2.24, 2.45) is 0 Å². The minimum atomic E-state index is -1.29. The molecule has 0 aliphatic heterocycles. The Morgan fingerprint density at radius 3 is 2.18 bits per heavy atom. The van der Waals surface area contributed by atoms with E-state index in [0.717, 1.165) is 24.0 Å². The van der Waals surface area contributed by atoms with Gasteiger partial charge in [0, 0.05) is 11.8 Å². The Morgan fingerprint density at radius 2 is 1.53 bits per heavy atom. The number of hydrogen-bond acceptors (Lipinski definition) is 5. The van der Waals surface area contributed by atoms with Crippen molar-refractivity contribution >= 4 is 17.6 Å². The molecule has 0 aromatic heterocycles. The van der Waals surface area contributed by atoms with Gasteiger partial charge in [-0.15, -0.1) is 0 Å². The van der Waals surface area contributed by atoms with Crippen LogP contribution in [-0.4, -0.2) is 36.8 Å². The predicted molar refractivity (Wildman–Crippen MR) is 130 cm³/mol. The highest BCUT2D eigenvalue weighted by molar-refractivity contribution is 6.06. The number of carbonyl (C=O) groups is 2. The first-order valence-electron chi connectivity index (χ1n) is 10.9. The Morgan fingerprint density at radius 1 is 0.853 bits per heavy atom. The van der Waals surface area contributed by atoms with Gasteiger partial charge in [0.05, 0.1) is 19.8 Å². The van der Waals surface area contributed by atoms with Crippen LogP contribution in [0.5, 0.6) is 17.2 Å². The van der Waals surface area contributed by atoms with Gasteiger partial charge in [0.1, 0.15) is 17.2 Å². The summed E-state index contributed by atoms with van der Waals surface area (Å²) in [5.41, 5.74) is 1.99. The van der Waals surface area contributed by atoms with Gasteiger partial charge < -0.3 is 24.6 Å². The van der Waals surface area contributed by atoms with Crippen molar-refractivity contribution in [3.63, 3.8) is 0 Å². The van der Waals surface area contributed by atoms with E-state index in [0.29, 0.717) is 28.5 Å². The molecular formula is C27H29NO6. The molecule has 0 spiro atoms. The molecule has 34 heavy (non-hydrogen) atoms. The van der Waals surface area contributed by atoms with Gasteiger partial charge in [-0.3, -0.25) is 4.79 Å². The zero-order valence-electron chi connectivity index (χ0n) is 19.8. The fourth-order valence-electron chi connectivity index (χ4n) is 3.34. The lowest BCUT2D eigenvalue weighted by molar-refractivity contribution is -0.152. The van der Waals surface area contributed by atoms with E-state index in [4.69, 9.17) is 14.2 Å². The van der Waals surface area contributed by atoms with Crippen molar-refractivity contribution in [3.8, 4) is 17.2 Å². The van der Waals surface area contributed by atoms with E-state index in [1.165, 1.54) is 21.0 Å². The molecule has 0 atom stereocenters. The molecule has 0 unspecified atom stereocenters. The fourth-order valence-corrected chi connectivity index (χ4v) is 3.34. The number of carbonyl (C=O) groups excluding carboxylic acids is 1. The van der Waals surface area contributed by atoms with Gasteiger partial charge in [-0.25, -0.2) is 4.79 Å². The second-order valence-corrected chi connectivity index (χ2v) is 8.28. The summed E-state index contributed by atoms with van der Waals surface area (Å²) in [4.78, 5) is 24.0. The van der Waals surface area contributed by atoms with Crippen molar-refractivity contribution in [1.29, 1.82) is 0 Å². The number of rotatable bonds is 10. The predicted octanol–water partition coefficient (Wildman–Crippen LogP) is 4.98. The molecule has 178 valence electrons. The van der Waals surface area contributed by atoms with E-state index in [2.05, 4.69) is 5.32 Å². The quantitative estimate of drug-likeness (QED) is 0.440. The lowest BCUT2D eigenvalue weighted by Gasteiger charge is -2.21. The largest absolute Gasteiger partial charge is 0.497 e. The average Bonchev–Trinajstić information content (AvgIpc) is 2.83. The van der Waals surface area contributed by atoms with Gasteiger partial charge in [-0.2, -0.15) is 0 Å². The molecular weight excluding hydrogens is 434 g/mol. The summed E-state index contributed by atoms with van der Waals surface area (Å²) < 4.78 is 16.1. The highest BCUT2D eigenvalue weighted by Crippen LogP contribution is 2.26. The van der Waals surface area contributed by atoms with Crippen LogP contribution in [0.2, 0.25) is 0 Å². The topological polar surface area (TPSA) is 94.1 Å². The molecule has 0 radical (unpaired) electrons. The summed E-state index contributed by atoms with van der Waals surface area (Å²) in [7, 11) is 3.07. The molecule has 0 aliphatic carbocycles. The Bertz CT molecular complexity index is 1150. The highest BCUT2D eigenvalue weighted by Gasteiger charge is 2.29. The Hall–Kier alpha value is -4.00. The third kappa shape index (κ3) is 6.28. The number of ether oxygens (including phenoxy) is 3. The maximum atomic E-state index is 12.8. The first kappa shape index (κ1) is 24.6. The van der Waals surface area contributed by atoms with Gasteiger partial charge >= 0.3 is 5.97 Å². The molecule has 0 fully saturated rings. The van der Waals surface area contributed by atoms with Crippen molar-refractivity contribution in [2.75, 3.05) is 19.5 Å². The van der Waals surface area contributed by atoms with Gasteiger partial charge in [-0.05, 0) is 74.2 Å². The summed E-state index contributed by atoms with van der Waals surface area (Å²) in [6.45, 7) is 3.03. The number of amides is 1. The van der Waals surface area contributed by atoms with E-state index in [1.54, 1.807) is 37.4 Å². The lowest BCUT2D eigenvalue weighted by Crippen LogP contribution is -2.37. The number of nitrogens with one attached hydrogen (secondary N) is 1. The Labute approximate surface area is 199 Å². The molecule has 3 aromatic carbocycles. The lowest BCUT2D eigenvalue weighted by atomic mass is 10.0. The van der Waals surface area contributed by atoms with Gasteiger partial charge in [0.2, 0.25) is 0 Å². The molecule has 0 saturated carbocycles. The summed E-state index contributed by atoms with van der Waals surface area (Å²) in [6.07, 6.45) is 1.56. The fraction of sp³-hybridized carbons (Fsp3) is 0.259. The molecule has 0 bridgehead atoms. The molecule has 7 nitrogen and oxygen atoms in total. The third-order valence-corrected chi connectivity index (χ3v) is 5.35. The van der Waals surface area contributed by atoms with E-state index >= 15 is 0 Å². The molecule has 0 aliphatic rings. The number of methoxy groups -OCH3 is 2. The van der Waals surface area contributed by atoms with Crippen molar-refractivity contribution in [1.82, 2.24) is 0 Å². The van der Waals surface area contributed by atoms with Crippen LogP contribution in [0.25, 0.3) is 0 Å². The molecule has 3 rings (SSSR count). The summed E-state index contributed by atoms with van der Waals surface area (Å²) >= 11 is 0. The number of carboxylic acids is 1. The average molecular weight is 464 g/mol. The summed E-state index contributed by atoms with van der Waals surface area (Å²) in [5, 5.41) is 12.1. The Kier molecular flexibility index (Phi) is 7.79. The minimum Gasteiger partial charge on any atom is -0.497 e. The number of benzene rings is 3. The monoisotopic (exact) mass is 463 g/mol. The van der Waals surface area contributed by atoms with Crippen LogP contribution in [-0.2, 0) is 17.6 Å². The standard InChI is InChI=1S/C27H29NO6/c1-27(2,26(30)31)34-21-12-10-18(11-13-21)8-9-19-6-5-7-20(16-19)28-25(29)23-15-14-22(32-3)17-24(23)33-4/h5-7,10-17H,8-9H2,1-4H3,(H,28,29)(H,30,31). The van der Waals surface area contributed by atoms with Crippen LogP contribution in [0.15, 0.2) is 66.7 Å². The summed E-state index contributed by atoms with van der Waals surface area (Å²) in [6, 6.07) is 20.2. The number of aliphatic carboxylic acids is 1. The molecule has 2 N–H and O–H groups in total. The van der Waals surface area contributed by atoms with Crippen LogP contribution in [0, 0.1) is 0 Å². The van der Waals surface area contributed by atoms with Gasteiger partial charge in [0.25, 0.3) is 5.91 Å². The first-order chi connectivity index (χ1) is 16.2. The maximum Gasteiger partial charge on any atom is 0.347 e. The van der Waals surface area contributed by atoms with Crippen molar-refractivity contribution in [3.05, 3.63) is 83.4 Å². The Balaban J connectivity index is 1.62. The molecule has 3 aromatic rings. The van der Waals surface area contributed by atoms with Crippen LogP contribution in [0.3, 0.4) is 0 Å². The van der Waals surface area contributed by atoms with Gasteiger partial charge in [-0.1, -0.05) is 24.3 Å². The molecule has 0 saturated heterocycles. The normalized spacial score (nSPS) is 10.9. The van der Waals surface area contributed by atoms with Crippen LogP contribution in [0.4, 0.5) is 5.69 Å². The van der Waals surface area contributed by atoms with Crippen molar-refractivity contribution in [2.45, 2.75) is 32.3 Å². The van der Waals surface area contributed by atoms with E-state index in [9.17, 15) is 14.7 Å². The van der Waals surface area contributed by atoms with E-state index in [1.807, 2.05) is 36.4 Å². The minimum absolute atomic E-state index is 0.267. The SMILES string of the molecule is COc1ccc(C(=O)Nc2cccc(CCc3ccc(OC(C)(C)C(=O)O)cc3)c2)c(OC)c1. The van der Waals surface area contributed by atoms with Crippen molar-refractivity contribution < 1.29 is 28.9 Å². The van der Waals surface area contributed by atoms with E-state index < -0.39 is 11.6 Å². The molecule has 0 heterocycles. The smallest absolute Gasteiger partial charge is 0.347 e. The highest BCUT2D eigenvalue weighted by atomic mass is 16.5.